The number of benzene rings is 1. The number of pyridine rings is 1. The molecule has 3 fully saturated rings. The molecule has 0 radical (unpaired) electrons. The fourth-order valence-corrected chi connectivity index (χ4v) is 6.04. The second kappa shape index (κ2) is 10.8. The smallest absolute Gasteiger partial charge is 0.274 e. The Hall–Kier alpha value is -2.66. The van der Waals surface area contributed by atoms with Crippen LogP contribution in [0.1, 0.15) is 67.8 Å². The second-order valence-corrected chi connectivity index (χ2v) is 11.6. The summed E-state index contributed by atoms with van der Waals surface area (Å²) in [5.41, 5.74) is 1.49. The lowest BCUT2D eigenvalue weighted by atomic mass is 9.92. The minimum Gasteiger partial charge on any atom is -0.395 e. The first kappa shape index (κ1) is 26.9. The first-order valence-corrected chi connectivity index (χ1v) is 14.2. The van der Waals surface area contributed by atoms with E-state index < -0.39 is 29.2 Å². The number of aliphatic hydroxyl groups excluding tert-OH is 1. The summed E-state index contributed by atoms with van der Waals surface area (Å²) in [4.78, 5) is 28.8. The highest BCUT2D eigenvalue weighted by Crippen LogP contribution is 2.54. The summed E-state index contributed by atoms with van der Waals surface area (Å²) in [5, 5.41) is 11.7. The largest absolute Gasteiger partial charge is 0.395 e. The number of nitrogens with one attached hydrogen (secondary N) is 2. The fourth-order valence-electron chi connectivity index (χ4n) is 5.55. The maximum Gasteiger partial charge on any atom is 0.274 e. The highest BCUT2D eigenvalue weighted by molar-refractivity contribution is 8.00. The van der Waals surface area contributed by atoms with Crippen molar-refractivity contribution in [1.29, 1.82) is 0 Å². The number of carbonyl (C=O) groups is 1. The van der Waals surface area contributed by atoms with Crippen molar-refractivity contribution in [2.45, 2.75) is 63.3 Å². The standard InChI is InChI=1S/C27H33F3N4O3S/c28-18-15-22(25(37)34(17-18)20-3-5-27(29,30)6-4-20)31-24(36)21-2-1-19(32-38-14-13-35)16-23(21)33-11-9-26(7-8-26)10-12-33/h1-2,15-17,20,32,35H,3-14H2,(H,31,36). The molecule has 11 heteroatoms. The average molecular weight is 551 g/mol. The molecule has 0 bridgehead atoms. The van der Waals surface area contributed by atoms with Crippen LogP contribution < -0.4 is 20.5 Å². The van der Waals surface area contributed by atoms with Gasteiger partial charge in [-0.2, -0.15) is 0 Å². The van der Waals surface area contributed by atoms with Crippen molar-refractivity contribution in [2.75, 3.05) is 40.4 Å². The van der Waals surface area contributed by atoms with Gasteiger partial charge in [0.15, 0.2) is 0 Å². The summed E-state index contributed by atoms with van der Waals surface area (Å²) >= 11 is 1.36. The molecule has 2 heterocycles. The van der Waals surface area contributed by atoms with E-state index in [0.717, 1.165) is 54.1 Å². The van der Waals surface area contributed by atoms with Gasteiger partial charge in [-0.3, -0.25) is 9.59 Å². The number of hydrogen-bond donors (Lipinski definition) is 3. The Bertz CT molecular complexity index is 1230. The van der Waals surface area contributed by atoms with Crippen LogP contribution in [-0.4, -0.2) is 47.0 Å². The molecule has 2 aliphatic carbocycles. The second-order valence-electron chi connectivity index (χ2n) is 10.7. The molecule has 5 rings (SSSR count). The Morgan fingerprint density at radius 3 is 2.45 bits per heavy atom. The van der Waals surface area contributed by atoms with Crippen molar-refractivity contribution in [3.63, 3.8) is 0 Å². The van der Waals surface area contributed by atoms with Crippen LogP contribution in [0.15, 0.2) is 35.3 Å². The molecule has 0 atom stereocenters. The summed E-state index contributed by atoms with van der Waals surface area (Å²) in [6.45, 7) is 1.66. The van der Waals surface area contributed by atoms with Crippen LogP contribution in [0.2, 0.25) is 0 Å². The van der Waals surface area contributed by atoms with E-state index in [0.29, 0.717) is 16.7 Å². The number of aromatic nitrogens is 1. The number of anilines is 3. The minimum atomic E-state index is -2.77. The topological polar surface area (TPSA) is 86.6 Å². The van der Waals surface area contributed by atoms with Crippen LogP contribution in [0, 0.1) is 11.2 Å². The lowest BCUT2D eigenvalue weighted by Gasteiger charge is -2.35. The average Bonchev–Trinajstić information content (AvgIpc) is 3.65. The number of hydrogen-bond acceptors (Lipinski definition) is 6. The van der Waals surface area contributed by atoms with Crippen LogP contribution in [0.25, 0.3) is 0 Å². The number of alkyl halides is 2. The normalized spacial score (nSPS) is 20.4. The molecule has 7 nitrogen and oxygen atoms in total. The Kier molecular flexibility index (Phi) is 7.68. The Labute approximate surface area is 223 Å². The molecule has 1 aliphatic heterocycles. The van der Waals surface area contributed by atoms with Crippen molar-refractivity contribution < 1.29 is 23.1 Å². The molecule has 38 heavy (non-hydrogen) atoms. The SMILES string of the molecule is O=C(Nc1cc(F)cn(C2CCC(F)(F)CC2)c1=O)c1ccc(NSCCO)cc1N1CCC2(CC1)CC2. The summed E-state index contributed by atoms with van der Waals surface area (Å²) in [7, 11) is 0. The summed E-state index contributed by atoms with van der Waals surface area (Å²) in [6.07, 6.45) is 5.04. The molecule has 1 amide bonds. The molecule has 0 unspecified atom stereocenters. The van der Waals surface area contributed by atoms with Gasteiger partial charge in [0.25, 0.3) is 11.5 Å². The number of carbonyl (C=O) groups excluding carboxylic acids is 1. The predicted molar refractivity (Wildman–Crippen MR) is 144 cm³/mol. The first-order chi connectivity index (χ1) is 18.2. The molecule has 1 aromatic carbocycles. The molecule has 1 aromatic heterocycles. The quantitative estimate of drug-likeness (QED) is 0.301. The van der Waals surface area contributed by atoms with Gasteiger partial charge in [-0.15, -0.1) is 0 Å². The lowest BCUT2D eigenvalue weighted by molar-refractivity contribution is -0.0442. The predicted octanol–water partition coefficient (Wildman–Crippen LogP) is 5.42. The maximum absolute atomic E-state index is 14.5. The molecule has 3 aliphatic rings. The molecule has 2 saturated carbocycles. The van der Waals surface area contributed by atoms with E-state index in [1.807, 2.05) is 6.07 Å². The number of aliphatic hydroxyl groups is 1. The van der Waals surface area contributed by atoms with Crippen LogP contribution >= 0.6 is 11.9 Å². The van der Waals surface area contributed by atoms with Crippen molar-refractivity contribution in [1.82, 2.24) is 4.57 Å². The van der Waals surface area contributed by atoms with Crippen molar-refractivity contribution in [3.8, 4) is 0 Å². The van der Waals surface area contributed by atoms with Gasteiger partial charge in [0.05, 0.1) is 17.9 Å². The zero-order chi connectivity index (χ0) is 26.9. The van der Waals surface area contributed by atoms with E-state index in [2.05, 4.69) is 14.9 Å². The zero-order valence-electron chi connectivity index (χ0n) is 21.1. The van der Waals surface area contributed by atoms with Crippen LogP contribution in [0.5, 0.6) is 0 Å². The van der Waals surface area contributed by atoms with Crippen molar-refractivity contribution >= 4 is 34.9 Å². The third-order valence-electron chi connectivity index (χ3n) is 8.09. The van der Waals surface area contributed by atoms with E-state index in [1.165, 1.54) is 24.8 Å². The summed E-state index contributed by atoms with van der Waals surface area (Å²) in [5.74, 6) is -3.52. The Balaban J connectivity index is 1.39. The van der Waals surface area contributed by atoms with E-state index in [-0.39, 0.29) is 38.0 Å². The van der Waals surface area contributed by atoms with Gasteiger partial charge in [-0.25, -0.2) is 13.2 Å². The zero-order valence-corrected chi connectivity index (χ0v) is 22.0. The molecule has 1 saturated heterocycles. The Morgan fingerprint density at radius 2 is 1.79 bits per heavy atom. The molecular formula is C27H33F3N4O3S. The molecule has 2 aromatic rings. The van der Waals surface area contributed by atoms with Gasteiger partial charge in [0.2, 0.25) is 5.92 Å². The molecule has 206 valence electrons. The van der Waals surface area contributed by atoms with E-state index in [1.54, 1.807) is 12.1 Å². The number of amides is 1. The minimum absolute atomic E-state index is 0.0354. The monoisotopic (exact) mass is 550 g/mol. The lowest BCUT2D eigenvalue weighted by Crippen LogP contribution is -2.36. The van der Waals surface area contributed by atoms with E-state index in [9.17, 15) is 22.8 Å². The van der Waals surface area contributed by atoms with Crippen LogP contribution in [0.4, 0.5) is 30.2 Å². The van der Waals surface area contributed by atoms with Gasteiger partial charge in [-0.1, -0.05) is 11.9 Å². The number of rotatable bonds is 8. The van der Waals surface area contributed by atoms with Gasteiger partial charge in [0.1, 0.15) is 11.5 Å². The first-order valence-electron chi connectivity index (χ1n) is 13.2. The van der Waals surface area contributed by atoms with Crippen molar-refractivity contribution in [3.05, 3.63) is 52.2 Å². The molecule has 1 spiro atoms. The highest BCUT2D eigenvalue weighted by Gasteiger charge is 2.44. The van der Waals surface area contributed by atoms with Gasteiger partial charge >= 0.3 is 0 Å². The highest BCUT2D eigenvalue weighted by atomic mass is 32.2. The number of piperidine rings is 1. The number of nitrogens with zero attached hydrogens (tertiary/aromatic N) is 2. The third-order valence-corrected chi connectivity index (χ3v) is 8.85. The van der Waals surface area contributed by atoms with E-state index >= 15 is 0 Å². The fraction of sp³-hybridized carbons (Fsp3) is 0.556. The van der Waals surface area contributed by atoms with Gasteiger partial charge in [-0.05, 0) is 62.1 Å². The van der Waals surface area contributed by atoms with E-state index in [4.69, 9.17) is 5.11 Å². The third kappa shape index (κ3) is 5.98. The molecule has 3 N–H and O–H groups in total. The summed E-state index contributed by atoms with van der Waals surface area (Å²) < 4.78 is 46.1. The molecular weight excluding hydrogens is 517 g/mol. The van der Waals surface area contributed by atoms with Gasteiger partial charge < -0.3 is 24.6 Å². The number of halogens is 3. The summed E-state index contributed by atoms with van der Waals surface area (Å²) in [6, 6.07) is 5.74. The maximum atomic E-state index is 14.5. The van der Waals surface area contributed by atoms with Crippen molar-refractivity contribution in [2.24, 2.45) is 5.41 Å². The van der Waals surface area contributed by atoms with Crippen LogP contribution in [0.3, 0.4) is 0 Å². The Morgan fingerprint density at radius 1 is 1.08 bits per heavy atom. The van der Waals surface area contributed by atoms with Crippen LogP contribution in [-0.2, 0) is 0 Å². The van der Waals surface area contributed by atoms with Gasteiger partial charge in [0, 0.05) is 55.7 Å².